The Morgan fingerprint density at radius 1 is 1.22 bits per heavy atom. The van der Waals surface area contributed by atoms with Crippen LogP contribution >= 0.6 is 0 Å². The molecule has 3 atom stereocenters. The standard InChI is InChI=1S/C15H28O3/c1-4-6-7-8-9-12(3)18-14-11-13(16)15(14)17-10-5-2/h12,14-15H,4-11H2,1-3H3. The molecular weight excluding hydrogens is 228 g/mol. The van der Waals surface area contributed by atoms with Gasteiger partial charge in [-0.25, -0.2) is 0 Å². The van der Waals surface area contributed by atoms with E-state index < -0.39 is 0 Å². The number of ether oxygens (including phenoxy) is 2. The van der Waals surface area contributed by atoms with E-state index in [1.165, 1.54) is 25.7 Å². The third-order valence-electron chi connectivity index (χ3n) is 3.43. The van der Waals surface area contributed by atoms with Crippen molar-refractivity contribution in [1.29, 1.82) is 0 Å². The fraction of sp³-hybridized carbons (Fsp3) is 0.933. The Balaban J connectivity index is 2.15. The van der Waals surface area contributed by atoms with Gasteiger partial charge < -0.3 is 9.47 Å². The fourth-order valence-electron chi connectivity index (χ4n) is 2.26. The van der Waals surface area contributed by atoms with Crippen molar-refractivity contribution in [2.45, 2.75) is 84.0 Å². The van der Waals surface area contributed by atoms with Gasteiger partial charge in [-0.3, -0.25) is 4.79 Å². The molecule has 1 aliphatic rings. The molecule has 0 saturated heterocycles. The summed E-state index contributed by atoms with van der Waals surface area (Å²) in [5.41, 5.74) is 0. The molecule has 0 aromatic heterocycles. The quantitative estimate of drug-likeness (QED) is 0.561. The van der Waals surface area contributed by atoms with Gasteiger partial charge >= 0.3 is 0 Å². The lowest BCUT2D eigenvalue weighted by Crippen LogP contribution is -2.51. The molecule has 3 nitrogen and oxygen atoms in total. The molecule has 0 aromatic rings. The summed E-state index contributed by atoms with van der Waals surface area (Å²) in [6, 6.07) is 0. The zero-order chi connectivity index (χ0) is 13.4. The van der Waals surface area contributed by atoms with Gasteiger partial charge in [-0.2, -0.15) is 0 Å². The van der Waals surface area contributed by atoms with Gasteiger partial charge in [-0.1, -0.05) is 39.5 Å². The molecule has 0 aliphatic heterocycles. The van der Waals surface area contributed by atoms with Crippen molar-refractivity contribution in [1.82, 2.24) is 0 Å². The summed E-state index contributed by atoms with van der Waals surface area (Å²) in [6.07, 6.45) is 7.60. The summed E-state index contributed by atoms with van der Waals surface area (Å²) >= 11 is 0. The van der Waals surface area contributed by atoms with Crippen molar-refractivity contribution < 1.29 is 14.3 Å². The molecule has 3 unspecified atom stereocenters. The van der Waals surface area contributed by atoms with Gasteiger partial charge in [0, 0.05) is 13.0 Å². The average Bonchev–Trinajstić information content (AvgIpc) is 2.34. The van der Waals surface area contributed by atoms with Gasteiger partial charge in [-0.05, 0) is 19.8 Å². The Morgan fingerprint density at radius 2 is 2.00 bits per heavy atom. The maximum Gasteiger partial charge on any atom is 0.166 e. The highest BCUT2D eigenvalue weighted by Gasteiger charge is 2.42. The lowest BCUT2D eigenvalue weighted by Gasteiger charge is -2.36. The Hall–Kier alpha value is -0.410. The van der Waals surface area contributed by atoms with E-state index in [0.717, 1.165) is 12.8 Å². The van der Waals surface area contributed by atoms with Crippen LogP contribution in [0.15, 0.2) is 0 Å². The maximum atomic E-state index is 11.4. The number of unbranched alkanes of at least 4 members (excludes halogenated alkanes) is 3. The minimum absolute atomic E-state index is 0.00484. The molecule has 1 fully saturated rings. The van der Waals surface area contributed by atoms with Gasteiger partial charge in [0.25, 0.3) is 0 Å². The van der Waals surface area contributed by atoms with Crippen molar-refractivity contribution in [3.63, 3.8) is 0 Å². The highest BCUT2D eigenvalue weighted by molar-refractivity contribution is 5.90. The van der Waals surface area contributed by atoms with Crippen LogP contribution in [0.2, 0.25) is 0 Å². The highest BCUT2D eigenvalue weighted by atomic mass is 16.6. The topological polar surface area (TPSA) is 35.5 Å². The molecule has 1 rings (SSSR count). The highest BCUT2D eigenvalue weighted by Crippen LogP contribution is 2.25. The molecule has 0 N–H and O–H groups in total. The van der Waals surface area contributed by atoms with Crippen molar-refractivity contribution in [2.24, 2.45) is 0 Å². The predicted octanol–water partition coefficient (Wildman–Crippen LogP) is 3.50. The van der Waals surface area contributed by atoms with Crippen LogP contribution < -0.4 is 0 Å². The Labute approximate surface area is 111 Å². The van der Waals surface area contributed by atoms with E-state index in [1.807, 2.05) is 0 Å². The number of carbonyl (C=O) groups is 1. The normalized spacial score (nSPS) is 24.9. The molecule has 0 spiro atoms. The summed E-state index contributed by atoms with van der Waals surface area (Å²) < 4.78 is 11.4. The number of Topliss-reactive ketones (excluding diaryl/α,β-unsaturated/α-hetero) is 1. The van der Waals surface area contributed by atoms with E-state index in [9.17, 15) is 4.79 Å². The predicted molar refractivity (Wildman–Crippen MR) is 72.7 cm³/mol. The first-order chi connectivity index (χ1) is 8.69. The van der Waals surface area contributed by atoms with Crippen molar-refractivity contribution in [3.8, 4) is 0 Å². The molecule has 0 radical (unpaired) electrons. The SMILES string of the molecule is CCCCCCC(C)OC1CC(=O)C1OCCC. The molecule has 0 heterocycles. The number of hydrogen-bond acceptors (Lipinski definition) is 3. The largest absolute Gasteiger partial charge is 0.372 e. The summed E-state index contributed by atoms with van der Waals surface area (Å²) in [5, 5.41) is 0. The molecule has 3 heteroatoms. The van der Waals surface area contributed by atoms with Crippen LogP contribution in [0.4, 0.5) is 0 Å². The van der Waals surface area contributed by atoms with E-state index in [2.05, 4.69) is 20.8 Å². The molecular formula is C15H28O3. The van der Waals surface area contributed by atoms with Crippen LogP contribution in [0.5, 0.6) is 0 Å². The van der Waals surface area contributed by atoms with E-state index >= 15 is 0 Å². The van der Waals surface area contributed by atoms with Crippen molar-refractivity contribution >= 4 is 5.78 Å². The maximum absolute atomic E-state index is 11.4. The first-order valence-corrected chi connectivity index (χ1v) is 7.48. The number of ketones is 1. The van der Waals surface area contributed by atoms with Crippen molar-refractivity contribution in [3.05, 3.63) is 0 Å². The van der Waals surface area contributed by atoms with E-state index in [-0.39, 0.29) is 24.1 Å². The lowest BCUT2D eigenvalue weighted by atomic mass is 9.89. The van der Waals surface area contributed by atoms with Gasteiger partial charge in [0.15, 0.2) is 5.78 Å². The summed E-state index contributed by atoms with van der Waals surface area (Å²) in [5.74, 6) is 0.201. The summed E-state index contributed by atoms with van der Waals surface area (Å²) in [7, 11) is 0. The third kappa shape index (κ3) is 5.07. The first-order valence-electron chi connectivity index (χ1n) is 7.48. The Kier molecular flexibility index (Phi) is 7.52. The Morgan fingerprint density at radius 3 is 2.61 bits per heavy atom. The van der Waals surface area contributed by atoms with Gasteiger partial charge in [-0.15, -0.1) is 0 Å². The second-order valence-electron chi connectivity index (χ2n) is 5.30. The Bertz CT molecular complexity index is 240. The monoisotopic (exact) mass is 256 g/mol. The summed E-state index contributed by atoms with van der Waals surface area (Å²) in [4.78, 5) is 11.4. The minimum atomic E-state index is -0.289. The van der Waals surface area contributed by atoms with E-state index in [1.54, 1.807) is 0 Å². The fourth-order valence-corrected chi connectivity index (χ4v) is 2.26. The second kappa shape index (κ2) is 8.65. The second-order valence-corrected chi connectivity index (χ2v) is 5.30. The molecule has 0 aromatic carbocycles. The molecule has 1 saturated carbocycles. The smallest absolute Gasteiger partial charge is 0.166 e. The molecule has 18 heavy (non-hydrogen) atoms. The van der Waals surface area contributed by atoms with Gasteiger partial charge in [0.1, 0.15) is 6.10 Å². The number of carbonyl (C=O) groups excluding carboxylic acids is 1. The van der Waals surface area contributed by atoms with Crippen LogP contribution in [-0.2, 0) is 14.3 Å². The van der Waals surface area contributed by atoms with Crippen LogP contribution in [0.1, 0.15) is 65.7 Å². The average molecular weight is 256 g/mol. The lowest BCUT2D eigenvalue weighted by molar-refractivity contribution is -0.172. The summed E-state index contributed by atoms with van der Waals surface area (Å²) in [6.45, 7) is 7.03. The van der Waals surface area contributed by atoms with Crippen LogP contribution in [0, 0.1) is 0 Å². The van der Waals surface area contributed by atoms with Crippen LogP contribution in [-0.4, -0.2) is 30.7 Å². The minimum Gasteiger partial charge on any atom is -0.372 e. The number of hydrogen-bond donors (Lipinski definition) is 0. The van der Waals surface area contributed by atoms with E-state index in [0.29, 0.717) is 13.0 Å². The molecule has 106 valence electrons. The van der Waals surface area contributed by atoms with Gasteiger partial charge in [0.05, 0.1) is 12.2 Å². The van der Waals surface area contributed by atoms with Gasteiger partial charge in [0.2, 0.25) is 0 Å². The van der Waals surface area contributed by atoms with Crippen molar-refractivity contribution in [2.75, 3.05) is 6.61 Å². The zero-order valence-electron chi connectivity index (χ0n) is 12.1. The number of rotatable bonds is 10. The third-order valence-corrected chi connectivity index (χ3v) is 3.43. The first kappa shape index (κ1) is 15.6. The molecule has 0 amide bonds. The van der Waals surface area contributed by atoms with Crippen LogP contribution in [0.25, 0.3) is 0 Å². The van der Waals surface area contributed by atoms with E-state index in [4.69, 9.17) is 9.47 Å². The molecule has 1 aliphatic carbocycles. The zero-order valence-corrected chi connectivity index (χ0v) is 12.1. The van der Waals surface area contributed by atoms with Crippen LogP contribution in [0.3, 0.4) is 0 Å². The molecule has 0 bridgehead atoms.